The molecule has 3 rings (SSSR count). The minimum atomic E-state index is 0.224. The summed E-state index contributed by atoms with van der Waals surface area (Å²) in [7, 11) is 4.68. The minimum absolute atomic E-state index is 0.224. The van der Waals surface area contributed by atoms with Gasteiger partial charge in [0, 0.05) is 30.1 Å². The maximum absolute atomic E-state index is 5.39. The van der Waals surface area contributed by atoms with E-state index in [9.17, 15) is 0 Å². The third kappa shape index (κ3) is 4.63. The van der Waals surface area contributed by atoms with Gasteiger partial charge in [0.1, 0.15) is 12.1 Å². The summed E-state index contributed by atoms with van der Waals surface area (Å²) < 4.78 is 16.1. The molecule has 0 aliphatic rings. The highest BCUT2D eigenvalue weighted by Crippen LogP contribution is 2.40. The van der Waals surface area contributed by atoms with E-state index in [-0.39, 0.29) is 6.04 Å². The number of anilines is 3. The molecule has 152 valence electrons. The molecule has 0 atom stereocenters. The molecule has 2 heterocycles. The van der Waals surface area contributed by atoms with Gasteiger partial charge in [0.25, 0.3) is 0 Å². The van der Waals surface area contributed by atoms with Crippen molar-refractivity contribution in [1.29, 1.82) is 0 Å². The van der Waals surface area contributed by atoms with Crippen LogP contribution in [-0.4, -0.2) is 47.3 Å². The van der Waals surface area contributed by atoms with Crippen LogP contribution in [0.1, 0.15) is 13.8 Å². The Kier molecular flexibility index (Phi) is 6.28. The van der Waals surface area contributed by atoms with E-state index in [4.69, 9.17) is 14.2 Å². The van der Waals surface area contributed by atoms with Gasteiger partial charge in [0.05, 0.1) is 26.9 Å². The Morgan fingerprint density at radius 3 is 2.28 bits per heavy atom. The fourth-order valence-electron chi connectivity index (χ4n) is 2.74. The normalized spacial score (nSPS) is 10.6. The molecule has 29 heavy (non-hydrogen) atoms. The molecule has 3 aromatic rings. The fourth-order valence-corrected chi connectivity index (χ4v) is 2.74. The molecule has 9 heteroatoms. The standard InChI is InChI=1S/C20H24N6O3/c1-12(2)24-18-14(7-6-8-21-18)19-22-11-23-20(26-19)25-13-9-15(27-3)17(29-5)16(10-13)28-4/h6-12H,1-5H3,(H,21,24)(H,22,23,25,26). The summed E-state index contributed by atoms with van der Waals surface area (Å²) >= 11 is 0. The van der Waals surface area contributed by atoms with E-state index >= 15 is 0 Å². The van der Waals surface area contributed by atoms with Crippen LogP contribution in [0.3, 0.4) is 0 Å². The molecule has 1 aromatic carbocycles. The average Bonchev–Trinajstić information content (AvgIpc) is 2.73. The summed E-state index contributed by atoms with van der Waals surface area (Å²) in [6.07, 6.45) is 3.18. The van der Waals surface area contributed by atoms with E-state index in [0.717, 1.165) is 5.56 Å². The summed E-state index contributed by atoms with van der Waals surface area (Å²) in [5.41, 5.74) is 1.47. The molecule has 0 aliphatic heterocycles. The zero-order valence-corrected chi connectivity index (χ0v) is 17.1. The van der Waals surface area contributed by atoms with Crippen molar-refractivity contribution in [2.45, 2.75) is 19.9 Å². The van der Waals surface area contributed by atoms with Crippen LogP contribution in [0.15, 0.2) is 36.8 Å². The first-order chi connectivity index (χ1) is 14.0. The number of rotatable bonds is 8. The molecular formula is C20H24N6O3. The molecular weight excluding hydrogens is 372 g/mol. The zero-order valence-electron chi connectivity index (χ0n) is 17.1. The second kappa shape index (κ2) is 9.05. The number of nitrogens with one attached hydrogen (secondary N) is 2. The van der Waals surface area contributed by atoms with Gasteiger partial charge < -0.3 is 24.8 Å². The molecule has 0 radical (unpaired) electrons. The average molecular weight is 396 g/mol. The molecule has 0 fully saturated rings. The summed E-state index contributed by atoms with van der Waals surface area (Å²) in [4.78, 5) is 17.4. The smallest absolute Gasteiger partial charge is 0.230 e. The van der Waals surface area contributed by atoms with Gasteiger partial charge in [-0.15, -0.1) is 0 Å². The van der Waals surface area contributed by atoms with Gasteiger partial charge in [-0.3, -0.25) is 0 Å². The first-order valence-corrected chi connectivity index (χ1v) is 9.03. The number of pyridine rings is 1. The summed E-state index contributed by atoms with van der Waals surface area (Å²) in [6, 6.07) is 7.54. The van der Waals surface area contributed by atoms with Gasteiger partial charge in [0.2, 0.25) is 11.7 Å². The minimum Gasteiger partial charge on any atom is -0.493 e. The first-order valence-electron chi connectivity index (χ1n) is 9.03. The van der Waals surface area contributed by atoms with Gasteiger partial charge in [0.15, 0.2) is 17.3 Å². The number of aromatic nitrogens is 4. The zero-order chi connectivity index (χ0) is 20.8. The predicted octanol–water partition coefficient (Wildman–Crippen LogP) is 3.52. The van der Waals surface area contributed by atoms with Gasteiger partial charge in [-0.25, -0.2) is 15.0 Å². The van der Waals surface area contributed by atoms with Crippen LogP contribution in [0.2, 0.25) is 0 Å². The quantitative estimate of drug-likeness (QED) is 0.592. The number of ether oxygens (including phenoxy) is 3. The van der Waals surface area contributed by atoms with Gasteiger partial charge >= 0.3 is 0 Å². The van der Waals surface area contributed by atoms with Gasteiger partial charge in [-0.1, -0.05) is 0 Å². The highest BCUT2D eigenvalue weighted by molar-refractivity contribution is 5.71. The van der Waals surface area contributed by atoms with Crippen molar-refractivity contribution >= 4 is 17.5 Å². The van der Waals surface area contributed by atoms with E-state index in [1.54, 1.807) is 39.7 Å². The molecule has 0 unspecified atom stereocenters. The Hall–Kier alpha value is -3.62. The molecule has 2 N–H and O–H groups in total. The van der Waals surface area contributed by atoms with E-state index in [0.29, 0.717) is 40.5 Å². The molecule has 0 saturated carbocycles. The van der Waals surface area contributed by atoms with Crippen LogP contribution in [0.4, 0.5) is 17.5 Å². The van der Waals surface area contributed by atoms with E-state index < -0.39 is 0 Å². The summed E-state index contributed by atoms with van der Waals surface area (Å²) in [5.74, 6) is 3.16. The first kappa shape index (κ1) is 20.1. The molecule has 0 spiro atoms. The number of nitrogens with zero attached hydrogens (tertiary/aromatic N) is 4. The number of benzene rings is 1. The Balaban J connectivity index is 1.94. The van der Waals surface area contributed by atoms with Crippen LogP contribution in [0, 0.1) is 0 Å². The van der Waals surface area contributed by atoms with E-state index in [1.165, 1.54) is 6.33 Å². The number of methoxy groups -OCH3 is 3. The SMILES string of the molecule is COc1cc(Nc2ncnc(-c3cccnc3NC(C)C)n2)cc(OC)c1OC. The topological polar surface area (TPSA) is 103 Å². The lowest BCUT2D eigenvalue weighted by Crippen LogP contribution is -2.12. The lowest BCUT2D eigenvalue weighted by atomic mass is 10.2. The van der Waals surface area contributed by atoms with Crippen LogP contribution >= 0.6 is 0 Å². The Morgan fingerprint density at radius 2 is 1.66 bits per heavy atom. The monoisotopic (exact) mass is 396 g/mol. The van der Waals surface area contributed by atoms with E-state index in [2.05, 4.69) is 30.6 Å². The predicted molar refractivity (Wildman–Crippen MR) is 111 cm³/mol. The lowest BCUT2D eigenvalue weighted by molar-refractivity contribution is 0.324. The summed E-state index contributed by atoms with van der Waals surface area (Å²) in [5, 5.41) is 6.46. The van der Waals surface area contributed by atoms with Crippen LogP contribution < -0.4 is 24.8 Å². The van der Waals surface area contributed by atoms with Crippen molar-refractivity contribution in [1.82, 2.24) is 19.9 Å². The van der Waals surface area contributed by atoms with Crippen molar-refractivity contribution in [3.63, 3.8) is 0 Å². The van der Waals surface area contributed by atoms with Crippen molar-refractivity contribution in [2.24, 2.45) is 0 Å². The lowest BCUT2D eigenvalue weighted by Gasteiger charge is -2.15. The summed E-state index contributed by atoms with van der Waals surface area (Å²) in [6.45, 7) is 4.09. The van der Waals surface area contributed by atoms with E-state index in [1.807, 2.05) is 26.0 Å². The van der Waals surface area contributed by atoms with Crippen LogP contribution in [0.25, 0.3) is 11.4 Å². The molecule has 0 saturated heterocycles. The third-order valence-electron chi connectivity index (χ3n) is 3.97. The van der Waals surface area contributed by atoms with Crippen LogP contribution in [-0.2, 0) is 0 Å². The van der Waals surface area contributed by atoms with Crippen molar-refractivity contribution in [3.8, 4) is 28.6 Å². The van der Waals surface area contributed by atoms with Gasteiger partial charge in [-0.05, 0) is 26.0 Å². The highest BCUT2D eigenvalue weighted by atomic mass is 16.5. The second-order valence-electron chi connectivity index (χ2n) is 6.37. The fraction of sp³-hybridized carbons (Fsp3) is 0.300. The Labute approximate surface area is 169 Å². The maximum atomic E-state index is 5.39. The molecule has 0 aliphatic carbocycles. The Bertz CT molecular complexity index is 955. The van der Waals surface area contributed by atoms with Crippen molar-refractivity contribution < 1.29 is 14.2 Å². The molecule has 0 amide bonds. The largest absolute Gasteiger partial charge is 0.493 e. The van der Waals surface area contributed by atoms with Crippen molar-refractivity contribution in [3.05, 3.63) is 36.8 Å². The maximum Gasteiger partial charge on any atom is 0.230 e. The highest BCUT2D eigenvalue weighted by Gasteiger charge is 2.15. The molecule has 2 aromatic heterocycles. The van der Waals surface area contributed by atoms with Gasteiger partial charge in [-0.2, -0.15) is 4.98 Å². The second-order valence-corrected chi connectivity index (χ2v) is 6.37. The third-order valence-corrected chi connectivity index (χ3v) is 3.97. The Morgan fingerprint density at radius 1 is 0.931 bits per heavy atom. The number of hydrogen-bond acceptors (Lipinski definition) is 9. The molecule has 9 nitrogen and oxygen atoms in total. The molecule has 0 bridgehead atoms. The number of hydrogen-bond donors (Lipinski definition) is 2. The van der Waals surface area contributed by atoms with Crippen LogP contribution in [0.5, 0.6) is 17.2 Å². The van der Waals surface area contributed by atoms with Crippen molar-refractivity contribution in [2.75, 3.05) is 32.0 Å².